The van der Waals surface area contributed by atoms with E-state index >= 15 is 0 Å². The van der Waals surface area contributed by atoms with Crippen molar-refractivity contribution in [3.8, 4) is 0 Å². The lowest BCUT2D eigenvalue weighted by molar-refractivity contribution is 0.182. The molecule has 1 aliphatic carbocycles. The topological polar surface area (TPSA) is 35.5 Å². The van der Waals surface area contributed by atoms with E-state index in [0.29, 0.717) is 0 Å². The largest absolute Gasteiger partial charge is 0.393 e. The second-order valence-electron chi connectivity index (χ2n) is 4.25. The molecule has 1 atom stereocenters. The summed E-state index contributed by atoms with van der Waals surface area (Å²) in [7, 11) is 0. The van der Waals surface area contributed by atoms with E-state index < -0.39 is 0 Å². The van der Waals surface area contributed by atoms with E-state index in [9.17, 15) is 0 Å². The van der Waals surface area contributed by atoms with Crippen LogP contribution >= 0.6 is 0 Å². The number of aliphatic hydroxyl groups excluding tert-OH is 1. The van der Waals surface area contributed by atoms with Crippen molar-refractivity contribution in [1.29, 1.82) is 0 Å². The van der Waals surface area contributed by atoms with Crippen LogP contribution in [0.25, 0.3) is 0 Å². The van der Waals surface area contributed by atoms with Gasteiger partial charge in [0.1, 0.15) is 0 Å². The van der Waals surface area contributed by atoms with Crippen LogP contribution in [0.1, 0.15) is 33.1 Å². The molecule has 2 N–H and O–H groups in total. The molecule has 3 nitrogen and oxygen atoms in total. The predicted molar refractivity (Wildman–Crippen MR) is 59.4 cm³/mol. The van der Waals surface area contributed by atoms with Crippen molar-refractivity contribution in [1.82, 2.24) is 10.2 Å². The minimum atomic E-state index is -0.173. The van der Waals surface area contributed by atoms with Crippen LogP contribution in [-0.4, -0.2) is 48.3 Å². The van der Waals surface area contributed by atoms with Gasteiger partial charge in [-0.1, -0.05) is 6.92 Å². The molecular weight excluding hydrogens is 176 g/mol. The molecule has 0 bridgehead atoms. The Bertz CT molecular complexity index is 146. The van der Waals surface area contributed by atoms with Gasteiger partial charge in [0.15, 0.2) is 0 Å². The van der Waals surface area contributed by atoms with Gasteiger partial charge in [-0.2, -0.15) is 0 Å². The summed E-state index contributed by atoms with van der Waals surface area (Å²) >= 11 is 0. The van der Waals surface area contributed by atoms with Crippen molar-refractivity contribution < 1.29 is 5.11 Å². The summed E-state index contributed by atoms with van der Waals surface area (Å²) < 4.78 is 0. The predicted octanol–water partition coefficient (Wildman–Crippen LogP) is 0.831. The molecular formula is C11H24N2O. The van der Waals surface area contributed by atoms with Crippen LogP contribution in [0.3, 0.4) is 0 Å². The van der Waals surface area contributed by atoms with Crippen LogP contribution in [0, 0.1) is 0 Å². The van der Waals surface area contributed by atoms with Gasteiger partial charge in [0, 0.05) is 19.1 Å². The molecule has 3 heteroatoms. The van der Waals surface area contributed by atoms with Crippen LogP contribution in [-0.2, 0) is 0 Å². The first-order valence-corrected chi connectivity index (χ1v) is 5.87. The minimum Gasteiger partial charge on any atom is -0.393 e. The summed E-state index contributed by atoms with van der Waals surface area (Å²) in [6.45, 7) is 8.37. The van der Waals surface area contributed by atoms with Crippen LogP contribution in [0.15, 0.2) is 0 Å². The second-order valence-corrected chi connectivity index (χ2v) is 4.25. The normalized spacial score (nSPS) is 18.9. The molecule has 84 valence electrons. The highest BCUT2D eigenvalue weighted by atomic mass is 16.3. The Morgan fingerprint density at radius 3 is 2.64 bits per heavy atom. The fourth-order valence-electron chi connectivity index (χ4n) is 1.70. The maximum absolute atomic E-state index is 9.05. The molecule has 0 aromatic carbocycles. The zero-order chi connectivity index (χ0) is 10.4. The molecule has 0 aliphatic heterocycles. The third kappa shape index (κ3) is 4.94. The van der Waals surface area contributed by atoms with Gasteiger partial charge in [-0.15, -0.1) is 0 Å². The van der Waals surface area contributed by atoms with E-state index in [0.717, 1.165) is 32.1 Å². The van der Waals surface area contributed by atoms with Crippen LogP contribution < -0.4 is 5.32 Å². The first-order valence-electron chi connectivity index (χ1n) is 5.87. The Kier molecular flexibility index (Phi) is 5.45. The van der Waals surface area contributed by atoms with Gasteiger partial charge in [-0.25, -0.2) is 0 Å². The van der Waals surface area contributed by atoms with E-state index in [1.807, 2.05) is 6.92 Å². The van der Waals surface area contributed by atoms with Crippen molar-refractivity contribution in [2.24, 2.45) is 0 Å². The highest BCUT2D eigenvalue weighted by Gasteiger charge is 2.26. The fraction of sp³-hybridized carbons (Fsp3) is 1.00. The number of nitrogens with zero attached hydrogens (tertiary/aromatic N) is 1. The molecule has 0 heterocycles. The smallest absolute Gasteiger partial charge is 0.0524 e. The molecule has 0 amide bonds. The zero-order valence-electron chi connectivity index (χ0n) is 9.50. The molecule has 1 unspecified atom stereocenters. The van der Waals surface area contributed by atoms with E-state index in [1.54, 1.807) is 0 Å². The van der Waals surface area contributed by atoms with Gasteiger partial charge in [0.05, 0.1) is 6.10 Å². The summed E-state index contributed by atoms with van der Waals surface area (Å²) in [6, 6.07) is 0.874. The molecule has 0 aromatic heterocycles. The van der Waals surface area contributed by atoms with E-state index in [-0.39, 0.29) is 6.10 Å². The van der Waals surface area contributed by atoms with Crippen LogP contribution in [0.5, 0.6) is 0 Å². The Balaban J connectivity index is 1.91. The maximum Gasteiger partial charge on any atom is 0.0524 e. The van der Waals surface area contributed by atoms with Gasteiger partial charge in [-0.05, 0) is 39.3 Å². The Labute approximate surface area is 87.5 Å². The average molecular weight is 200 g/mol. The van der Waals surface area contributed by atoms with E-state index in [1.165, 1.54) is 19.4 Å². The summed E-state index contributed by atoms with van der Waals surface area (Å²) in [6.07, 6.45) is 3.46. The molecule has 0 radical (unpaired) electrons. The monoisotopic (exact) mass is 200 g/mol. The minimum absolute atomic E-state index is 0.173. The molecule has 0 aromatic rings. The van der Waals surface area contributed by atoms with Crippen molar-refractivity contribution in [3.05, 3.63) is 0 Å². The van der Waals surface area contributed by atoms with Crippen molar-refractivity contribution in [2.45, 2.75) is 45.3 Å². The number of likely N-dealkylation sites (N-methyl/N-ethyl adjacent to an activating group) is 1. The van der Waals surface area contributed by atoms with Gasteiger partial charge >= 0.3 is 0 Å². The fourth-order valence-corrected chi connectivity index (χ4v) is 1.70. The molecule has 1 aliphatic rings. The standard InChI is InChI=1S/C11H24N2O/c1-3-13(11-4-5-11)9-8-12-7-6-10(2)14/h10-12,14H,3-9H2,1-2H3. The van der Waals surface area contributed by atoms with E-state index in [4.69, 9.17) is 5.11 Å². The van der Waals surface area contributed by atoms with Gasteiger partial charge in [-0.3, -0.25) is 4.90 Å². The molecule has 0 saturated heterocycles. The van der Waals surface area contributed by atoms with Gasteiger partial charge in [0.2, 0.25) is 0 Å². The highest BCUT2D eigenvalue weighted by molar-refractivity contribution is 4.83. The summed E-state index contributed by atoms with van der Waals surface area (Å²) in [5.41, 5.74) is 0. The van der Waals surface area contributed by atoms with Crippen LogP contribution in [0.2, 0.25) is 0 Å². The number of hydrogen-bond donors (Lipinski definition) is 2. The highest BCUT2D eigenvalue weighted by Crippen LogP contribution is 2.25. The Hall–Kier alpha value is -0.120. The first kappa shape index (κ1) is 12.0. The first-order chi connectivity index (χ1) is 6.74. The lowest BCUT2D eigenvalue weighted by atomic mass is 10.3. The van der Waals surface area contributed by atoms with Crippen molar-refractivity contribution in [2.75, 3.05) is 26.2 Å². The molecule has 1 rings (SSSR count). The number of nitrogens with one attached hydrogen (secondary N) is 1. The lowest BCUT2D eigenvalue weighted by Crippen LogP contribution is -2.34. The Morgan fingerprint density at radius 2 is 2.14 bits per heavy atom. The van der Waals surface area contributed by atoms with Crippen molar-refractivity contribution >= 4 is 0 Å². The third-order valence-corrected chi connectivity index (χ3v) is 2.78. The quantitative estimate of drug-likeness (QED) is 0.570. The molecule has 0 spiro atoms. The maximum atomic E-state index is 9.05. The summed E-state index contributed by atoms with van der Waals surface area (Å²) in [4.78, 5) is 2.54. The zero-order valence-corrected chi connectivity index (χ0v) is 9.50. The van der Waals surface area contributed by atoms with Gasteiger partial charge < -0.3 is 10.4 Å². The number of rotatable bonds is 8. The second kappa shape index (κ2) is 6.38. The third-order valence-electron chi connectivity index (χ3n) is 2.78. The molecule has 14 heavy (non-hydrogen) atoms. The van der Waals surface area contributed by atoms with Crippen molar-refractivity contribution in [3.63, 3.8) is 0 Å². The lowest BCUT2D eigenvalue weighted by Gasteiger charge is -2.19. The van der Waals surface area contributed by atoms with E-state index in [2.05, 4.69) is 17.1 Å². The number of hydrogen-bond acceptors (Lipinski definition) is 3. The Morgan fingerprint density at radius 1 is 1.43 bits per heavy atom. The molecule has 1 saturated carbocycles. The SMILES string of the molecule is CCN(CCNCCC(C)O)C1CC1. The summed E-state index contributed by atoms with van der Waals surface area (Å²) in [5, 5.41) is 12.4. The van der Waals surface area contributed by atoms with Crippen LogP contribution in [0.4, 0.5) is 0 Å². The van der Waals surface area contributed by atoms with Gasteiger partial charge in [0.25, 0.3) is 0 Å². The molecule has 1 fully saturated rings. The summed E-state index contributed by atoms with van der Waals surface area (Å²) in [5.74, 6) is 0. The average Bonchev–Trinajstić information content (AvgIpc) is 2.94. The number of aliphatic hydroxyl groups is 1.